The van der Waals surface area contributed by atoms with Gasteiger partial charge in [-0.3, -0.25) is 9.89 Å². The highest BCUT2D eigenvalue weighted by molar-refractivity contribution is 9.10. The van der Waals surface area contributed by atoms with Crippen molar-refractivity contribution in [1.82, 2.24) is 14.6 Å². The maximum Gasteiger partial charge on any atom is 0.278 e. The van der Waals surface area contributed by atoms with Crippen LogP contribution in [0.4, 0.5) is 0 Å². The fourth-order valence-electron chi connectivity index (χ4n) is 1.76. The number of ether oxygens (including phenoxy) is 1. The third-order valence-electron chi connectivity index (χ3n) is 2.53. The Morgan fingerprint density at radius 1 is 1.60 bits per heavy atom. The van der Waals surface area contributed by atoms with Gasteiger partial charge in [-0.15, -0.1) is 0 Å². The summed E-state index contributed by atoms with van der Waals surface area (Å²) in [5.41, 5.74) is 2.08. The van der Waals surface area contributed by atoms with Crippen LogP contribution in [0.15, 0.2) is 15.5 Å². The van der Waals surface area contributed by atoms with E-state index in [2.05, 4.69) is 26.0 Å². The van der Waals surface area contributed by atoms with Crippen molar-refractivity contribution in [2.45, 2.75) is 13.0 Å². The van der Waals surface area contributed by atoms with Gasteiger partial charge in [-0.25, -0.2) is 9.50 Å². The second-order valence-electron chi connectivity index (χ2n) is 3.43. The molecule has 1 aliphatic rings. The highest BCUT2D eigenvalue weighted by Crippen LogP contribution is 2.17. The molecule has 3 rings (SSSR count). The van der Waals surface area contributed by atoms with E-state index < -0.39 is 0 Å². The van der Waals surface area contributed by atoms with Crippen LogP contribution >= 0.6 is 15.9 Å². The van der Waals surface area contributed by atoms with Crippen LogP contribution in [0.3, 0.4) is 0 Å². The average Bonchev–Trinajstić information content (AvgIpc) is 2.62. The maximum atomic E-state index is 12.0. The number of aromatic amines is 1. The smallest absolute Gasteiger partial charge is 0.278 e. The van der Waals surface area contributed by atoms with E-state index in [1.807, 2.05) is 0 Å². The van der Waals surface area contributed by atoms with Crippen molar-refractivity contribution in [3.63, 3.8) is 0 Å². The van der Waals surface area contributed by atoms with Gasteiger partial charge in [-0.05, 0) is 15.9 Å². The summed E-state index contributed by atoms with van der Waals surface area (Å²) in [6.45, 7) is 0.998. The van der Waals surface area contributed by atoms with Crippen LogP contribution in [-0.4, -0.2) is 21.2 Å². The number of hydrogen-bond acceptors (Lipinski definition) is 3. The van der Waals surface area contributed by atoms with Crippen LogP contribution in [0.5, 0.6) is 0 Å². The Labute approximate surface area is 93.2 Å². The van der Waals surface area contributed by atoms with Crippen molar-refractivity contribution in [3.05, 3.63) is 32.3 Å². The van der Waals surface area contributed by atoms with Gasteiger partial charge in [0, 0.05) is 12.6 Å². The SMILES string of the molecule is O=c1c2c(nc3c(Br)c[nH]n13)CCOC2. The highest BCUT2D eigenvalue weighted by Gasteiger charge is 2.18. The molecule has 0 amide bonds. The molecule has 2 aromatic rings. The molecule has 3 heterocycles. The van der Waals surface area contributed by atoms with Gasteiger partial charge < -0.3 is 4.74 Å². The first-order chi connectivity index (χ1) is 7.27. The molecule has 5 nitrogen and oxygen atoms in total. The van der Waals surface area contributed by atoms with Gasteiger partial charge in [0.05, 0.1) is 28.9 Å². The van der Waals surface area contributed by atoms with Crippen molar-refractivity contribution < 1.29 is 4.74 Å². The van der Waals surface area contributed by atoms with E-state index in [4.69, 9.17) is 4.74 Å². The predicted molar refractivity (Wildman–Crippen MR) is 56.9 cm³/mol. The van der Waals surface area contributed by atoms with Crippen LogP contribution in [-0.2, 0) is 17.8 Å². The monoisotopic (exact) mass is 269 g/mol. The number of nitrogens with zero attached hydrogens (tertiary/aromatic N) is 2. The molecule has 0 aromatic carbocycles. The molecule has 0 unspecified atom stereocenters. The number of halogens is 1. The Morgan fingerprint density at radius 3 is 3.33 bits per heavy atom. The molecule has 0 fully saturated rings. The molecule has 0 aliphatic carbocycles. The zero-order valence-corrected chi connectivity index (χ0v) is 9.37. The largest absolute Gasteiger partial charge is 0.376 e. The Kier molecular flexibility index (Phi) is 1.93. The van der Waals surface area contributed by atoms with E-state index in [0.29, 0.717) is 30.8 Å². The fraction of sp³-hybridized carbons (Fsp3) is 0.333. The number of H-pyrrole nitrogens is 1. The van der Waals surface area contributed by atoms with Crippen LogP contribution in [0, 0.1) is 0 Å². The topological polar surface area (TPSA) is 59.4 Å². The van der Waals surface area contributed by atoms with E-state index >= 15 is 0 Å². The molecule has 2 aromatic heterocycles. The molecule has 6 heteroatoms. The zero-order valence-electron chi connectivity index (χ0n) is 7.79. The van der Waals surface area contributed by atoms with Gasteiger partial charge in [-0.2, -0.15) is 0 Å². The first-order valence-electron chi connectivity index (χ1n) is 4.62. The number of hydrogen-bond donors (Lipinski definition) is 1. The number of fused-ring (bicyclic) bond motifs is 2. The Bertz CT molecular complexity index is 587. The summed E-state index contributed by atoms with van der Waals surface area (Å²) in [4.78, 5) is 16.4. The standard InChI is InChI=1S/C9H8BrN3O2/c10-6-3-11-13-8(6)12-7-1-2-15-4-5(7)9(13)14/h3,11H,1-2,4H2. The molecule has 0 radical (unpaired) electrons. The van der Waals surface area contributed by atoms with Crippen molar-refractivity contribution in [1.29, 1.82) is 0 Å². The van der Waals surface area contributed by atoms with Gasteiger partial charge in [-0.1, -0.05) is 0 Å². The second-order valence-corrected chi connectivity index (χ2v) is 4.28. The lowest BCUT2D eigenvalue weighted by Gasteiger charge is -2.14. The summed E-state index contributed by atoms with van der Waals surface area (Å²) in [5.74, 6) is 0. The summed E-state index contributed by atoms with van der Waals surface area (Å²) in [6, 6.07) is 0. The molecule has 0 spiro atoms. The minimum atomic E-state index is -0.0691. The maximum absolute atomic E-state index is 12.0. The first-order valence-corrected chi connectivity index (χ1v) is 5.42. The van der Waals surface area contributed by atoms with Crippen LogP contribution < -0.4 is 5.56 Å². The van der Waals surface area contributed by atoms with Gasteiger partial charge in [0.15, 0.2) is 5.65 Å². The second kappa shape index (κ2) is 3.18. The van der Waals surface area contributed by atoms with Crippen molar-refractivity contribution in [2.24, 2.45) is 0 Å². The lowest BCUT2D eigenvalue weighted by Crippen LogP contribution is -2.27. The fourth-order valence-corrected chi connectivity index (χ4v) is 2.13. The summed E-state index contributed by atoms with van der Waals surface area (Å²) in [6.07, 6.45) is 2.41. The first kappa shape index (κ1) is 9.11. The average molecular weight is 270 g/mol. The van der Waals surface area contributed by atoms with Gasteiger partial charge in [0.1, 0.15) is 0 Å². The molecule has 0 saturated carbocycles. The molecule has 0 atom stereocenters. The van der Waals surface area contributed by atoms with E-state index in [1.54, 1.807) is 6.20 Å². The van der Waals surface area contributed by atoms with Crippen molar-refractivity contribution in [2.75, 3.05) is 6.61 Å². The third kappa shape index (κ3) is 1.25. The molecule has 15 heavy (non-hydrogen) atoms. The van der Waals surface area contributed by atoms with E-state index in [0.717, 1.165) is 10.2 Å². The van der Waals surface area contributed by atoms with Crippen molar-refractivity contribution in [3.8, 4) is 0 Å². The Hall–Kier alpha value is -1.14. The van der Waals surface area contributed by atoms with E-state index in [-0.39, 0.29) is 5.56 Å². The molecular formula is C9H8BrN3O2. The molecular weight excluding hydrogens is 262 g/mol. The van der Waals surface area contributed by atoms with Gasteiger partial charge in [0.25, 0.3) is 5.56 Å². The normalized spacial score (nSPS) is 15.5. The number of aromatic nitrogens is 3. The molecule has 78 valence electrons. The van der Waals surface area contributed by atoms with Gasteiger partial charge in [0.2, 0.25) is 0 Å². The molecule has 0 bridgehead atoms. The lowest BCUT2D eigenvalue weighted by molar-refractivity contribution is 0.108. The molecule has 1 N–H and O–H groups in total. The number of rotatable bonds is 0. The molecule has 1 aliphatic heterocycles. The minimum absolute atomic E-state index is 0.0691. The van der Waals surface area contributed by atoms with Crippen LogP contribution in [0.25, 0.3) is 5.65 Å². The molecule has 0 saturated heterocycles. The Morgan fingerprint density at radius 2 is 2.47 bits per heavy atom. The van der Waals surface area contributed by atoms with Crippen molar-refractivity contribution >= 4 is 21.6 Å². The van der Waals surface area contributed by atoms with E-state index in [9.17, 15) is 4.79 Å². The van der Waals surface area contributed by atoms with Gasteiger partial charge >= 0.3 is 0 Å². The quantitative estimate of drug-likeness (QED) is 0.772. The van der Waals surface area contributed by atoms with Crippen LogP contribution in [0.1, 0.15) is 11.3 Å². The zero-order chi connectivity index (χ0) is 10.4. The summed E-state index contributed by atoms with van der Waals surface area (Å²) in [5, 5.41) is 2.85. The summed E-state index contributed by atoms with van der Waals surface area (Å²) < 4.78 is 7.48. The number of nitrogens with one attached hydrogen (secondary N) is 1. The summed E-state index contributed by atoms with van der Waals surface area (Å²) in [7, 11) is 0. The Balaban J connectivity index is 2.43. The minimum Gasteiger partial charge on any atom is -0.376 e. The predicted octanol–water partition coefficient (Wildman–Crippen LogP) is 0.858. The van der Waals surface area contributed by atoms with E-state index in [1.165, 1.54) is 4.52 Å². The highest BCUT2D eigenvalue weighted by atomic mass is 79.9. The third-order valence-corrected chi connectivity index (χ3v) is 3.11. The lowest BCUT2D eigenvalue weighted by atomic mass is 10.1. The van der Waals surface area contributed by atoms with Crippen LogP contribution in [0.2, 0.25) is 0 Å². The summed E-state index contributed by atoms with van der Waals surface area (Å²) >= 11 is 3.34.